The topological polar surface area (TPSA) is 57.5 Å². The Morgan fingerprint density at radius 1 is 0.909 bits per heavy atom. The molecule has 3 heteroatoms. The van der Waals surface area contributed by atoms with Gasteiger partial charge in [0.05, 0.1) is 12.0 Å². The second-order valence-corrected chi connectivity index (χ2v) is 14.6. The molecule has 4 fully saturated rings. The second kappa shape index (κ2) is 7.11. The Bertz CT molecular complexity index is 874. The summed E-state index contributed by atoms with van der Waals surface area (Å²) in [6.45, 7) is 17.1. The van der Waals surface area contributed by atoms with Gasteiger partial charge in [0.2, 0.25) is 0 Å². The fourth-order valence-electron chi connectivity index (χ4n) is 11.0. The molecule has 0 aromatic rings. The quantitative estimate of drug-likeness (QED) is 0.414. The highest BCUT2D eigenvalue weighted by Gasteiger charge is 2.68. The predicted octanol–water partition coefficient (Wildman–Crippen LogP) is 7.09. The number of fused-ring (bicyclic) bond motifs is 7. The highest BCUT2D eigenvalue weighted by atomic mass is 16.4. The lowest BCUT2D eigenvalue weighted by molar-refractivity contribution is -0.204. The average Bonchev–Trinajstić information content (AvgIpc) is 2.72. The van der Waals surface area contributed by atoms with E-state index in [1.807, 2.05) is 0 Å². The van der Waals surface area contributed by atoms with E-state index in [4.69, 9.17) is 0 Å². The summed E-state index contributed by atoms with van der Waals surface area (Å²) in [5.74, 6) is 1.04. The Morgan fingerprint density at radius 3 is 2.27 bits per heavy atom. The minimum absolute atomic E-state index is 0.0169. The smallest absolute Gasteiger partial charge is 0.306 e. The van der Waals surface area contributed by atoms with Crippen LogP contribution in [0.15, 0.2) is 11.6 Å². The molecule has 5 aliphatic carbocycles. The lowest BCUT2D eigenvalue weighted by Crippen LogP contribution is -2.64. The van der Waals surface area contributed by atoms with Crippen LogP contribution in [-0.4, -0.2) is 22.3 Å². The zero-order valence-corrected chi connectivity index (χ0v) is 22.2. The largest absolute Gasteiger partial charge is 0.481 e. The van der Waals surface area contributed by atoms with E-state index < -0.39 is 5.97 Å². The molecule has 0 spiro atoms. The van der Waals surface area contributed by atoms with Gasteiger partial charge in [-0.3, -0.25) is 4.79 Å². The van der Waals surface area contributed by atoms with Crippen LogP contribution in [0.2, 0.25) is 0 Å². The SMILES string of the molecule is CC1C(C(=O)O)CC[C@]2(C)CC[C@]3(C)C(=CC[C@@H]4[C@@]5(C)CCC(O)C(C)(C)[C@@H]5CC[C@]43C)[C@H]12. The number of aliphatic hydroxyl groups excluding tert-OH is 1. The predicted molar refractivity (Wildman–Crippen MR) is 133 cm³/mol. The van der Waals surface area contributed by atoms with Crippen molar-refractivity contribution in [2.75, 3.05) is 0 Å². The van der Waals surface area contributed by atoms with E-state index in [9.17, 15) is 15.0 Å². The second-order valence-electron chi connectivity index (χ2n) is 14.6. The number of carbonyl (C=O) groups is 1. The number of hydrogen-bond acceptors (Lipinski definition) is 2. The molecule has 0 heterocycles. The van der Waals surface area contributed by atoms with Crippen molar-refractivity contribution in [1.29, 1.82) is 0 Å². The zero-order chi connectivity index (χ0) is 24.2. The van der Waals surface area contributed by atoms with Gasteiger partial charge in [-0.25, -0.2) is 0 Å². The summed E-state index contributed by atoms with van der Waals surface area (Å²) >= 11 is 0. The lowest BCUT2D eigenvalue weighted by atomic mass is 9.33. The third kappa shape index (κ3) is 2.87. The van der Waals surface area contributed by atoms with Crippen LogP contribution in [0.3, 0.4) is 0 Å². The van der Waals surface area contributed by atoms with Gasteiger partial charge >= 0.3 is 5.97 Å². The average molecular weight is 457 g/mol. The Labute approximate surface area is 201 Å². The molecule has 0 saturated heterocycles. The standard InChI is InChI=1S/C30H48O3/c1-18-19(25(32)33)10-13-27(4)16-17-29(6)20(24(18)27)8-9-22-28(5)14-12-23(31)26(2,3)21(28)11-15-30(22,29)7/h8,18-19,21-24,31H,9-17H2,1-7H3,(H,32,33)/t18?,19?,21-,22+,23?,24-,27+,28-,29+,30+/m0/s1. The monoisotopic (exact) mass is 456 g/mol. The fourth-order valence-corrected chi connectivity index (χ4v) is 11.0. The van der Waals surface area contributed by atoms with Crippen molar-refractivity contribution >= 4 is 5.97 Å². The first-order chi connectivity index (χ1) is 15.2. The van der Waals surface area contributed by atoms with E-state index in [0.717, 1.165) is 32.1 Å². The van der Waals surface area contributed by atoms with Crippen LogP contribution >= 0.6 is 0 Å². The molecule has 3 unspecified atom stereocenters. The molecule has 0 aromatic carbocycles. The maximum atomic E-state index is 12.1. The molecule has 0 aliphatic heterocycles. The van der Waals surface area contributed by atoms with E-state index in [2.05, 4.69) is 54.5 Å². The number of carboxylic acids is 1. The number of hydrogen-bond donors (Lipinski definition) is 2. The summed E-state index contributed by atoms with van der Waals surface area (Å²) in [4.78, 5) is 12.1. The molecule has 0 radical (unpaired) electrons. The summed E-state index contributed by atoms with van der Waals surface area (Å²) in [6, 6.07) is 0. The zero-order valence-electron chi connectivity index (χ0n) is 22.2. The molecule has 2 N–H and O–H groups in total. The van der Waals surface area contributed by atoms with Gasteiger partial charge < -0.3 is 10.2 Å². The number of allylic oxidation sites excluding steroid dienone is 2. The van der Waals surface area contributed by atoms with Gasteiger partial charge in [-0.1, -0.05) is 60.1 Å². The van der Waals surface area contributed by atoms with Crippen LogP contribution in [0, 0.1) is 56.7 Å². The fraction of sp³-hybridized carbons (Fsp3) is 0.900. The van der Waals surface area contributed by atoms with Crippen molar-refractivity contribution in [3.8, 4) is 0 Å². The van der Waals surface area contributed by atoms with Gasteiger partial charge in [-0.15, -0.1) is 0 Å². The Balaban J connectivity index is 1.58. The molecule has 0 aromatic heterocycles. The minimum atomic E-state index is -0.590. The van der Waals surface area contributed by atoms with E-state index in [1.165, 1.54) is 25.7 Å². The van der Waals surface area contributed by atoms with E-state index in [0.29, 0.717) is 17.8 Å². The molecule has 3 nitrogen and oxygen atoms in total. The van der Waals surface area contributed by atoms with Crippen molar-refractivity contribution in [3.05, 3.63) is 11.6 Å². The van der Waals surface area contributed by atoms with Crippen LogP contribution in [-0.2, 0) is 4.79 Å². The normalized spacial score (nSPS) is 55.3. The van der Waals surface area contributed by atoms with Crippen molar-refractivity contribution in [3.63, 3.8) is 0 Å². The van der Waals surface area contributed by atoms with Crippen molar-refractivity contribution in [2.45, 2.75) is 112 Å². The first-order valence-electron chi connectivity index (χ1n) is 13.8. The third-order valence-electron chi connectivity index (χ3n) is 13.3. The molecule has 5 rings (SSSR count). The van der Waals surface area contributed by atoms with Gasteiger partial charge in [0.1, 0.15) is 0 Å². The molecule has 4 saturated carbocycles. The van der Waals surface area contributed by atoms with Gasteiger partial charge in [-0.05, 0) is 109 Å². The summed E-state index contributed by atoms with van der Waals surface area (Å²) in [6.07, 6.45) is 12.5. The summed E-state index contributed by atoms with van der Waals surface area (Å²) in [5.41, 5.74) is 2.53. The number of rotatable bonds is 1. The maximum absolute atomic E-state index is 12.1. The summed E-state index contributed by atoms with van der Waals surface area (Å²) < 4.78 is 0. The molecule has 0 bridgehead atoms. The molecule has 33 heavy (non-hydrogen) atoms. The van der Waals surface area contributed by atoms with Crippen LogP contribution in [0.25, 0.3) is 0 Å². The lowest BCUT2D eigenvalue weighted by Gasteiger charge is -2.71. The Kier molecular flexibility index (Phi) is 5.15. The molecule has 186 valence electrons. The molecule has 0 amide bonds. The van der Waals surface area contributed by atoms with Crippen LogP contribution in [0.1, 0.15) is 106 Å². The van der Waals surface area contributed by atoms with Gasteiger partial charge in [0, 0.05) is 0 Å². The van der Waals surface area contributed by atoms with Gasteiger partial charge in [-0.2, -0.15) is 0 Å². The van der Waals surface area contributed by atoms with E-state index in [-0.39, 0.29) is 45.0 Å². The number of aliphatic carboxylic acids is 1. The molecule has 10 atom stereocenters. The van der Waals surface area contributed by atoms with Crippen molar-refractivity contribution in [1.82, 2.24) is 0 Å². The number of aliphatic hydroxyl groups is 1. The molecular weight excluding hydrogens is 408 g/mol. The van der Waals surface area contributed by atoms with E-state index in [1.54, 1.807) is 5.57 Å². The number of carboxylic acid groups (broad SMARTS) is 1. The third-order valence-corrected chi connectivity index (χ3v) is 13.3. The van der Waals surface area contributed by atoms with Crippen molar-refractivity contribution in [2.24, 2.45) is 56.7 Å². The van der Waals surface area contributed by atoms with Crippen LogP contribution in [0.4, 0.5) is 0 Å². The Morgan fingerprint density at radius 2 is 1.61 bits per heavy atom. The molecule has 5 aliphatic rings. The first-order valence-corrected chi connectivity index (χ1v) is 13.8. The highest BCUT2D eigenvalue weighted by molar-refractivity contribution is 5.70. The van der Waals surface area contributed by atoms with Crippen LogP contribution < -0.4 is 0 Å². The summed E-state index contributed by atoms with van der Waals surface area (Å²) in [7, 11) is 0. The van der Waals surface area contributed by atoms with Gasteiger partial charge in [0.25, 0.3) is 0 Å². The van der Waals surface area contributed by atoms with Crippen molar-refractivity contribution < 1.29 is 15.0 Å². The maximum Gasteiger partial charge on any atom is 0.306 e. The summed E-state index contributed by atoms with van der Waals surface area (Å²) in [5, 5.41) is 20.9. The Hall–Kier alpha value is -0.830. The molecular formula is C30H48O3. The first kappa shape index (κ1) is 23.9. The minimum Gasteiger partial charge on any atom is -0.481 e. The highest BCUT2D eigenvalue weighted by Crippen LogP contribution is 2.75. The van der Waals surface area contributed by atoms with E-state index >= 15 is 0 Å². The van der Waals surface area contributed by atoms with Gasteiger partial charge in [0.15, 0.2) is 0 Å². The van der Waals surface area contributed by atoms with Crippen LogP contribution in [0.5, 0.6) is 0 Å².